The van der Waals surface area contributed by atoms with Gasteiger partial charge in [-0.15, -0.1) is 0 Å². The molecule has 2 heterocycles. The van der Waals surface area contributed by atoms with Crippen LogP contribution in [0.25, 0.3) is 0 Å². The summed E-state index contributed by atoms with van der Waals surface area (Å²) >= 11 is 0. The van der Waals surface area contributed by atoms with Crippen molar-refractivity contribution in [1.29, 1.82) is 5.26 Å². The van der Waals surface area contributed by atoms with Gasteiger partial charge in [0.2, 0.25) is 0 Å². The van der Waals surface area contributed by atoms with E-state index in [1.54, 1.807) is 0 Å². The van der Waals surface area contributed by atoms with Gasteiger partial charge in [-0.25, -0.2) is 0 Å². The van der Waals surface area contributed by atoms with Gasteiger partial charge < -0.3 is 20.4 Å². The highest BCUT2D eigenvalue weighted by Gasteiger charge is 2.30. The van der Waals surface area contributed by atoms with Crippen molar-refractivity contribution in [2.45, 2.75) is 60.0 Å². The number of rotatable bonds is 8. The van der Waals surface area contributed by atoms with Crippen molar-refractivity contribution in [3.8, 4) is 6.07 Å². The first-order valence-corrected chi connectivity index (χ1v) is 16.3. The first-order chi connectivity index (χ1) is 21.4. The molecular formula is C37H50N6O. The van der Waals surface area contributed by atoms with Gasteiger partial charge in [-0.1, -0.05) is 50.2 Å². The molecule has 3 aromatic rings. The first-order valence-electron chi connectivity index (χ1n) is 16.3. The second kappa shape index (κ2) is 15.7. The lowest BCUT2D eigenvalue weighted by Gasteiger charge is -2.42. The van der Waals surface area contributed by atoms with Crippen LogP contribution < -0.4 is 15.5 Å². The van der Waals surface area contributed by atoms with Crippen molar-refractivity contribution < 1.29 is 4.79 Å². The number of nitriles is 1. The Morgan fingerprint density at radius 2 is 1.52 bits per heavy atom. The highest BCUT2D eigenvalue weighted by Crippen LogP contribution is 2.27. The van der Waals surface area contributed by atoms with Crippen molar-refractivity contribution in [3.63, 3.8) is 0 Å². The fourth-order valence-electron chi connectivity index (χ4n) is 6.49. The van der Waals surface area contributed by atoms with Crippen LogP contribution in [0.5, 0.6) is 0 Å². The maximum absolute atomic E-state index is 13.9. The SMILES string of the molecule is CC.Cc1cc(C)c(C(=O)N2CCN(c3ccccc3CCCN)CC2C)cc1CN1CCN(c2ccccc2C#N)CC1. The lowest BCUT2D eigenvalue weighted by Crippen LogP contribution is -2.54. The van der Waals surface area contributed by atoms with Gasteiger partial charge in [-0.3, -0.25) is 9.69 Å². The molecule has 3 aromatic carbocycles. The van der Waals surface area contributed by atoms with Gasteiger partial charge in [0, 0.05) is 69.7 Å². The van der Waals surface area contributed by atoms with E-state index in [4.69, 9.17) is 5.73 Å². The fourth-order valence-corrected chi connectivity index (χ4v) is 6.49. The van der Waals surface area contributed by atoms with Crippen LogP contribution in [0, 0.1) is 25.2 Å². The van der Waals surface area contributed by atoms with Crippen LogP contribution in [-0.4, -0.2) is 74.1 Å². The standard InChI is InChI=1S/C35H44N6O.C2H6/c1-26-21-27(2)32(22-31(26)25-38-15-17-39(18-16-38)34-13-7-5-10-30(34)23-37)35(42)41-20-19-40(24-28(41)3)33-12-6-4-9-29(33)11-8-14-36;1-2/h4-7,9-10,12-13,21-22,28H,8,11,14-20,24-25,36H2,1-3H3;1-2H3. The third-order valence-electron chi connectivity index (χ3n) is 8.92. The Balaban J connectivity index is 0.00000216. The van der Waals surface area contributed by atoms with Gasteiger partial charge in [-0.05, 0) is 86.7 Å². The Hall–Kier alpha value is -3.86. The maximum Gasteiger partial charge on any atom is 0.254 e. The lowest BCUT2D eigenvalue weighted by molar-refractivity contribution is 0.0673. The summed E-state index contributed by atoms with van der Waals surface area (Å²) in [5, 5.41) is 9.51. The van der Waals surface area contributed by atoms with Crippen LogP contribution in [0.4, 0.5) is 11.4 Å². The Kier molecular flexibility index (Phi) is 11.8. The van der Waals surface area contributed by atoms with E-state index in [0.29, 0.717) is 13.1 Å². The van der Waals surface area contributed by atoms with Crippen LogP contribution in [0.15, 0.2) is 60.7 Å². The molecule has 1 unspecified atom stereocenters. The summed E-state index contributed by atoms with van der Waals surface area (Å²) in [7, 11) is 0. The van der Waals surface area contributed by atoms with Gasteiger partial charge in [-0.2, -0.15) is 5.26 Å². The minimum Gasteiger partial charge on any atom is -0.368 e. The molecule has 0 aliphatic carbocycles. The number of nitrogens with zero attached hydrogens (tertiary/aromatic N) is 5. The molecule has 7 nitrogen and oxygen atoms in total. The summed E-state index contributed by atoms with van der Waals surface area (Å²) in [4.78, 5) is 23.2. The van der Waals surface area contributed by atoms with Crippen LogP contribution in [0.3, 0.4) is 0 Å². The van der Waals surface area contributed by atoms with E-state index in [9.17, 15) is 10.1 Å². The van der Waals surface area contributed by atoms with Gasteiger partial charge in [0.1, 0.15) is 6.07 Å². The highest BCUT2D eigenvalue weighted by atomic mass is 16.2. The van der Waals surface area contributed by atoms with E-state index in [0.717, 1.165) is 81.0 Å². The molecule has 2 aliphatic heterocycles. The van der Waals surface area contributed by atoms with E-state index in [1.807, 2.05) is 38.1 Å². The summed E-state index contributed by atoms with van der Waals surface area (Å²) in [6.07, 6.45) is 1.96. The first kappa shape index (κ1) is 33.0. The second-order valence-corrected chi connectivity index (χ2v) is 11.8. The summed E-state index contributed by atoms with van der Waals surface area (Å²) < 4.78 is 0. The number of nitrogens with two attached hydrogens (primary N) is 1. The van der Waals surface area contributed by atoms with Gasteiger partial charge in [0.15, 0.2) is 0 Å². The van der Waals surface area contributed by atoms with Crippen LogP contribution in [-0.2, 0) is 13.0 Å². The smallest absolute Gasteiger partial charge is 0.254 e. The Labute approximate surface area is 264 Å². The molecule has 1 atom stereocenters. The summed E-state index contributed by atoms with van der Waals surface area (Å²) in [6, 6.07) is 23.2. The minimum absolute atomic E-state index is 0.113. The molecular weight excluding hydrogens is 544 g/mol. The number of carbonyl (C=O) groups excluding carboxylic acids is 1. The number of aryl methyl sites for hydroxylation is 3. The number of para-hydroxylation sites is 2. The molecule has 234 valence electrons. The number of hydrogen-bond acceptors (Lipinski definition) is 6. The average Bonchev–Trinajstić information content (AvgIpc) is 3.06. The monoisotopic (exact) mass is 594 g/mol. The summed E-state index contributed by atoms with van der Waals surface area (Å²) in [6.45, 7) is 17.9. The minimum atomic E-state index is 0.113. The molecule has 5 rings (SSSR count). The lowest BCUT2D eigenvalue weighted by atomic mass is 9.97. The van der Waals surface area contributed by atoms with E-state index in [-0.39, 0.29) is 11.9 Å². The third-order valence-corrected chi connectivity index (χ3v) is 8.92. The number of anilines is 2. The van der Waals surface area contributed by atoms with Crippen molar-refractivity contribution in [1.82, 2.24) is 9.80 Å². The van der Waals surface area contributed by atoms with Crippen LogP contribution in [0.1, 0.15) is 65.4 Å². The second-order valence-electron chi connectivity index (χ2n) is 11.8. The fraction of sp³-hybridized carbons (Fsp3) is 0.459. The summed E-state index contributed by atoms with van der Waals surface area (Å²) in [5.74, 6) is 0.134. The zero-order valence-electron chi connectivity index (χ0n) is 27.4. The molecule has 0 aromatic heterocycles. The van der Waals surface area contributed by atoms with Crippen LogP contribution in [0.2, 0.25) is 0 Å². The number of amides is 1. The summed E-state index contributed by atoms with van der Waals surface area (Å²) in [5.41, 5.74) is 14.5. The van der Waals surface area contributed by atoms with E-state index >= 15 is 0 Å². The van der Waals surface area contributed by atoms with Crippen molar-refractivity contribution in [2.75, 3.05) is 62.2 Å². The molecule has 44 heavy (non-hydrogen) atoms. The molecule has 0 radical (unpaired) electrons. The van der Waals surface area contributed by atoms with Crippen molar-refractivity contribution in [3.05, 3.63) is 94.0 Å². The molecule has 1 amide bonds. The highest BCUT2D eigenvalue weighted by molar-refractivity contribution is 5.96. The van der Waals surface area contributed by atoms with Gasteiger partial charge in [0.25, 0.3) is 5.91 Å². The zero-order chi connectivity index (χ0) is 31.6. The predicted molar refractivity (Wildman–Crippen MR) is 182 cm³/mol. The molecule has 7 heteroatoms. The van der Waals surface area contributed by atoms with Crippen molar-refractivity contribution >= 4 is 17.3 Å². The average molecular weight is 595 g/mol. The maximum atomic E-state index is 13.9. The predicted octanol–water partition coefficient (Wildman–Crippen LogP) is 5.77. The third kappa shape index (κ3) is 7.61. The number of hydrogen-bond donors (Lipinski definition) is 1. The van der Waals surface area contributed by atoms with Crippen LogP contribution >= 0.6 is 0 Å². The molecule has 0 spiro atoms. The topological polar surface area (TPSA) is 79.8 Å². The molecule has 0 bridgehead atoms. The zero-order valence-corrected chi connectivity index (χ0v) is 27.4. The molecule has 0 saturated carbocycles. The van der Waals surface area contributed by atoms with E-state index < -0.39 is 0 Å². The Bertz CT molecular complexity index is 1440. The quantitative estimate of drug-likeness (QED) is 0.357. The Morgan fingerprint density at radius 3 is 2.20 bits per heavy atom. The van der Waals surface area contributed by atoms with Gasteiger partial charge in [0.05, 0.1) is 11.3 Å². The van der Waals surface area contributed by atoms with Gasteiger partial charge >= 0.3 is 0 Å². The largest absolute Gasteiger partial charge is 0.368 e. The number of piperazine rings is 2. The molecule has 2 fully saturated rings. The number of carbonyl (C=O) groups is 1. The number of benzene rings is 3. The normalized spacial score (nSPS) is 17.1. The van der Waals surface area contributed by atoms with Crippen molar-refractivity contribution in [2.24, 2.45) is 5.73 Å². The molecule has 2 aliphatic rings. The van der Waals surface area contributed by atoms with E-state index in [2.05, 4.69) is 82.8 Å². The molecule has 2 saturated heterocycles. The Morgan fingerprint density at radius 1 is 0.864 bits per heavy atom. The molecule has 2 N–H and O–H groups in total. The van der Waals surface area contributed by atoms with E-state index in [1.165, 1.54) is 22.4 Å².